The van der Waals surface area contributed by atoms with Crippen molar-refractivity contribution >= 4 is 11.4 Å². The lowest BCUT2D eigenvalue weighted by Gasteiger charge is -2.23. The van der Waals surface area contributed by atoms with E-state index in [1.165, 1.54) is 6.07 Å². The minimum Gasteiger partial charge on any atom is -0.395 e. The summed E-state index contributed by atoms with van der Waals surface area (Å²) < 4.78 is 13.3. The number of likely N-dealkylation sites (N-methyl/N-ethyl adjacent to an activating group) is 1. The van der Waals surface area contributed by atoms with E-state index in [1.807, 2.05) is 6.07 Å². The van der Waals surface area contributed by atoms with E-state index in [2.05, 4.69) is 23.9 Å². The zero-order valence-electron chi connectivity index (χ0n) is 9.78. The van der Waals surface area contributed by atoms with E-state index in [-0.39, 0.29) is 11.5 Å². The molecule has 0 radical (unpaired) electrons. The molecule has 2 N–H and O–H groups in total. The van der Waals surface area contributed by atoms with Crippen LogP contribution in [-0.2, 0) is 0 Å². The van der Waals surface area contributed by atoms with Crippen molar-refractivity contribution in [3.8, 4) is 0 Å². The zero-order valence-corrected chi connectivity index (χ0v) is 9.78. The SMILES string of the molecule is CN(C)C1CCN(c2cccc(F)c2N)C1. The van der Waals surface area contributed by atoms with Crippen molar-refractivity contribution in [1.82, 2.24) is 4.90 Å². The molecule has 0 aromatic heterocycles. The first-order valence-corrected chi connectivity index (χ1v) is 5.55. The fraction of sp³-hybridized carbons (Fsp3) is 0.500. The molecule has 4 heteroatoms. The molecule has 88 valence electrons. The molecular weight excluding hydrogens is 205 g/mol. The Morgan fingerprint density at radius 1 is 1.44 bits per heavy atom. The van der Waals surface area contributed by atoms with Gasteiger partial charge in [-0.25, -0.2) is 4.39 Å². The molecule has 1 unspecified atom stereocenters. The maximum absolute atomic E-state index is 13.3. The average Bonchev–Trinajstić information content (AvgIpc) is 2.71. The topological polar surface area (TPSA) is 32.5 Å². The lowest BCUT2D eigenvalue weighted by molar-refractivity contribution is 0.315. The van der Waals surface area contributed by atoms with Crippen molar-refractivity contribution in [3.05, 3.63) is 24.0 Å². The Kier molecular flexibility index (Phi) is 3.01. The predicted octanol–water partition coefficient (Wildman–Crippen LogP) is 1.55. The van der Waals surface area contributed by atoms with Gasteiger partial charge in [0.25, 0.3) is 0 Å². The van der Waals surface area contributed by atoms with Crippen LogP contribution in [0.15, 0.2) is 18.2 Å². The number of hydrogen-bond acceptors (Lipinski definition) is 3. The van der Waals surface area contributed by atoms with Crippen LogP contribution in [0.2, 0.25) is 0 Å². The van der Waals surface area contributed by atoms with E-state index in [0.29, 0.717) is 6.04 Å². The van der Waals surface area contributed by atoms with Gasteiger partial charge in [0, 0.05) is 19.1 Å². The lowest BCUT2D eigenvalue weighted by atomic mass is 10.2. The summed E-state index contributed by atoms with van der Waals surface area (Å²) >= 11 is 0. The summed E-state index contributed by atoms with van der Waals surface area (Å²) in [5.41, 5.74) is 6.84. The summed E-state index contributed by atoms with van der Waals surface area (Å²) in [6.45, 7) is 1.86. The van der Waals surface area contributed by atoms with E-state index in [4.69, 9.17) is 5.73 Å². The molecule has 0 saturated carbocycles. The molecular formula is C12H18FN3. The van der Waals surface area contributed by atoms with Crippen molar-refractivity contribution in [2.45, 2.75) is 12.5 Å². The number of nitrogen functional groups attached to an aromatic ring is 1. The monoisotopic (exact) mass is 223 g/mol. The van der Waals surface area contributed by atoms with Crippen LogP contribution in [0.3, 0.4) is 0 Å². The first-order chi connectivity index (χ1) is 7.59. The number of nitrogens with two attached hydrogens (primary N) is 1. The van der Waals surface area contributed by atoms with Crippen molar-refractivity contribution in [2.75, 3.05) is 37.8 Å². The van der Waals surface area contributed by atoms with E-state index in [0.717, 1.165) is 25.2 Å². The third-order valence-corrected chi connectivity index (χ3v) is 3.26. The second-order valence-corrected chi connectivity index (χ2v) is 4.52. The van der Waals surface area contributed by atoms with Crippen molar-refractivity contribution in [3.63, 3.8) is 0 Å². The predicted molar refractivity (Wildman–Crippen MR) is 65.1 cm³/mol. The minimum absolute atomic E-state index is 0.266. The molecule has 16 heavy (non-hydrogen) atoms. The highest BCUT2D eigenvalue weighted by Crippen LogP contribution is 2.29. The molecule has 2 rings (SSSR count). The number of anilines is 2. The van der Waals surface area contributed by atoms with E-state index < -0.39 is 0 Å². The molecule has 1 heterocycles. The van der Waals surface area contributed by atoms with Crippen LogP contribution in [0.4, 0.5) is 15.8 Å². The smallest absolute Gasteiger partial charge is 0.148 e. The summed E-state index contributed by atoms with van der Waals surface area (Å²) in [6, 6.07) is 5.53. The molecule has 3 nitrogen and oxygen atoms in total. The molecule has 0 spiro atoms. The van der Waals surface area contributed by atoms with Gasteiger partial charge < -0.3 is 15.5 Å². The third kappa shape index (κ3) is 1.97. The molecule has 1 aromatic rings. The first kappa shape index (κ1) is 11.2. The summed E-state index contributed by atoms with van der Waals surface area (Å²) in [6.07, 6.45) is 1.10. The van der Waals surface area contributed by atoms with Crippen LogP contribution in [-0.4, -0.2) is 38.1 Å². The number of benzene rings is 1. The third-order valence-electron chi connectivity index (χ3n) is 3.26. The fourth-order valence-corrected chi connectivity index (χ4v) is 2.18. The Balaban J connectivity index is 2.17. The van der Waals surface area contributed by atoms with Gasteiger partial charge in [0.15, 0.2) is 0 Å². The average molecular weight is 223 g/mol. The van der Waals surface area contributed by atoms with Gasteiger partial charge in [-0.15, -0.1) is 0 Å². The molecule has 1 atom stereocenters. The summed E-state index contributed by atoms with van der Waals surface area (Å²) in [5.74, 6) is -0.328. The Bertz CT molecular complexity index is 379. The van der Waals surface area contributed by atoms with E-state index in [9.17, 15) is 4.39 Å². The van der Waals surface area contributed by atoms with Crippen molar-refractivity contribution in [2.24, 2.45) is 0 Å². The summed E-state index contributed by atoms with van der Waals surface area (Å²) in [5, 5.41) is 0. The van der Waals surface area contributed by atoms with Gasteiger partial charge in [-0.05, 0) is 32.6 Å². The highest BCUT2D eigenvalue weighted by molar-refractivity contribution is 5.68. The molecule has 1 aromatic carbocycles. The van der Waals surface area contributed by atoms with Crippen molar-refractivity contribution < 1.29 is 4.39 Å². The van der Waals surface area contributed by atoms with Crippen LogP contribution in [0.25, 0.3) is 0 Å². The van der Waals surface area contributed by atoms with Crippen LogP contribution < -0.4 is 10.6 Å². The lowest BCUT2D eigenvalue weighted by Crippen LogP contribution is -2.31. The normalized spacial score (nSPS) is 20.8. The molecule has 0 bridgehead atoms. The minimum atomic E-state index is -0.328. The Morgan fingerprint density at radius 3 is 2.81 bits per heavy atom. The molecule has 1 aliphatic rings. The molecule has 0 amide bonds. The number of rotatable bonds is 2. The van der Waals surface area contributed by atoms with Gasteiger partial charge in [0.2, 0.25) is 0 Å². The Hall–Kier alpha value is -1.29. The van der Waals surface area contributed by atoms with Gasteiger partial charge in [-0.1, -0.05) is 6.07 Å². The van der Waals surface area contributed by atoms with Crippen molar-refractivity contribution in [1.29, 1.82) is 0 Å². The number of nitrogens with zero attached hydrogens (tertiary/aromatic N) is 2. The number of hydrogen-bond donors (Lipinski definition) is 1. The second-order valence-electron chi connectivity index (χ2n) is 4.52. The first-order valence-electron chi connectivity index (χ1n) is 5.55. The molecule has 0 aliphatic carbocycles. The van der Waals surface area contributed by atoms with E-state index in [1.54, 1.807) is 6.07 Å². The van der Waals surface area contributed by atoms with Gasteiger partial charge in [0.1, 0.15) is 5.82 Å². The molecule has 1 aliphatic heterocycles. The maximum atomic E-state index is 13.3. The van der Waals surface area contributed by atoms with Gasteiger partial charge in [-0.3, -0.25) is 0 Å². The van der Waals surface area contributed by atoms with Gasteiger partial charge in [0.05, 0.1) is 11.4 Å². The second kappa shape index (κ2) is 4.29. The fourth-order valence-electron chi connectivity index (χ4n) is 2.18. The van der Waals surface area contributed by atoms with Crippen LogP contribution in [0.1, 0.15) is 6.42 Å². The number of para-hydroxylation sites is 1. The van der Waals surface area contributed by atoms with E-state index >= 15 is 0 Å². The highest BCUT2D eigenvalue weighted by Gasteiger charge is 2.25. The Labute approximate surface area is 95.6 Å². The molecule has 1 saturated heterocycles. The highest BCUT2D eigenvalue weighted by atomic mass is 19.1. The van der Waals surface area contributed by atoms with Crippen LogP contribution in [0, 0.1) is 5.82 Å². The number of halogens is 1. The Morgan fingerprint density at radius 2 is 2.19 bits per heavy atom. The van der Waals surface area contributed by atoms with Crippen LogP contribution >= 0.6 is 0 Å². The van der Waals surface area contributed by atoms with Crippen LogP contribution in [0.5, 0.6) is 0 Å². The summed E-state index contributed by atoms with van der Waals surface area (Å²) in [7, 11) is 4.15. The van der Waals surface area contributed by atoms with Gasteiger partial charge in [-0.2, -0.15) is 0 Å². The standard InChI is InChI=1S/C12H18FN3/c1-15(2)9-6-7-16(8-9)11-5-3-4-10(13)12(11)14/h3-5,9H,6-8,14H2,1-2H3. The van der Waals surface area contributed by atoms with Gasteiger partial charge >= 0.3 is 0 Å². The maximum Gasteiger partial charge on any atom is 0.148 e. The largest absolute Gasteiger partial charge is 0.395 e. The zero-order chi connectivity index (χ0) is 11.7. The summed E-state index contributed by atoms with van der Waals surface area (Å²) in [4.78, 5) is 4.36. The molecule has 1 fully saturated rings. The quantitative estimate of drug-likeness (QED) is 0.772.